The first-order valence-electron chi connectivity index (χ1n) is 17.6. The molecule has 0 aromatic heterocycles. The van der Waals surface area contributed by atoms with E-state index in [1.165, 1.54) is 0 Å². The maximum Gasteiger partial charge on any atom is 0.407 e. The molecule has 0 aliphatic rings. The van der Waals surface area contributed by atoms with Gasteiger partial charge in [-0.2, -0.15) is 0 Å². The van der Waals surface area contributed by atoms with Gasteiger partial charge < -0.3 is 62.6 Å². The van der Waals surface area contributed by atoms with Crippen LogP contribution in [0.3, 0.4) is 0 Å². The van der Waals surface area contributed by atoms with Crippen LogP contribution in [0.2, 0.25) is 0 Å². The number of hydrogen-bond acceptors (Lipinski definition) is 12. The minimum atomic E-state index is -0.587. The van der Waals surface area contributed by atoms with E-state index in [0.29, 0.717) is 0 Å². The lowest BCUT2D eigenvalue weighted by Gasteiger charge is -2.20. The van der Waals surface area contributed by atoms with E-state index >= 15 is 0 Å². The van der Waals surface area contributed by atoms with Crippen LogP contribution < -0.4 is 53.2 Å². The molecule has 0 fully saturated rings. The Morgan fingerprint density at radius 3 is 0.786 bits per heavy atom. The molecule has 0 aliphatic heterocycles. The second kappa shape index (κ2) is 28.7. The Hall–Kier alpha value is -4.72. The molecule has 0 bridgehead atoms. The standard InChI is InChI=1S/2C17H33N5O5.2CH4/c2*1-16(2,3)22-11-14(25)21-10-13(24)20-9-12(23)18-7-8-19-15(26)27-17(4,5)6;;/h2*22H,7-11H2,1-6H3,(H,18,23)(H,19,26)(H,20,24)(H,21,25);2*1H4. The molecule has 0 saturated heterocycles. The van der Waals surface area contributed by atoms with Crippen molar-refractivity contribution in [1.82, 2.24) is 53.2 Å². The predicted octanol–water partition coefficient (Wildman–Crippen LogP) is -0.232. The Bertz CT molecular complexity index is 1140. The number of carbonyl (C=O) groups is 8. The van der Waals surface area contributed by atoms with E-state index in [2.05, 4.69) is 53.2 Å². The van der Waals surface area contributed by atoms with Crippen LogP contribution in [-0.2, 0) is 38.2 Å². The van der Waals surface area contributed by atoms with Crippen molar-refractivity contribution in [2.45, 2.75) is 120 Å². The van der Waals surface area contributed by atoms with Gasteiger partial charge in [0.25, 0.3) is 0 Å². The molecule has 0 aromatic rings. The summed E-state index contributed by atoms with van der Waals surface area (Å²) < 4.78 is 10.1. The average Bonchev–Trinajstić information content (AvgIpc) is 3.00. The topological polar surface area (TPSA) is 275 Å². The zero-order chi connectivity index (χ0) is 42.2. The quantitative estimate of drug-likeness (QED) is 0.0805. The molecular weight excluding hydrogens is 732 g/mol. The molecule has 0 spiro atoms. The summed E-state index contributed by atoms with van der Waals surface area (Å²) in [6.45, 7) is 22.2. The number of ether oxygens (including phenoxy) is 2. The van der Waals surface area contributed by atoms with Crippen molar-refractivity contribution in [3.05, 3.63) is 0 Å². The summed E-state index contributed by atoms with van der Waals surface area (Å²) in [6, 6.07) is 0. The van der Waals surface area contributed by atoms with Crippen LogP contribution >= 0.6 is 0 Å². The van der Waals surface area contributed by atoms with E-state index in [1.54, 1.807) is 41.5 Å². The molecule has 328 valence electrons. The summed E-state index contributed by atoms with van der Waals surface area (Å²) in [5.74, 6) is -2.37. The molecule has 0 radical (unpaired) electrons. The van der Waals surface area contributed by atoms with Crippen LogP contribution in [0, 0.1) is 0 Å². The van der Waals surface area contributed by atoms with Gasteiger partial charge in [0.2, 0.25) is 35.4 Å². The Labute approximate surface area is 334 Å². The van der Waals surface area contributed by atoms with Crippen LogP contribution in [-0.4, -0.2) is 135 Å². The average molecular weight is 807 g/mol. The number of amides is 8. The second-order valence-corrected chi connectivity index (χ2v) is 15.9. The number of carbonyl (C=O) groups excluding carboxylic acids is 8. The highest BCUT2D eigenvalue weighted by atomic mass is 16.6. The Morgan fingerprint density at radius 1 is 0.339 bits per heavy atom. The van der Waals surface area contributed by atoms with E-state index in [4.69, 9.17) is 9.47 Å². The monoisotopic (exact) mass is 807 g/mol. The van der Waals surface area contributed by atoms with E-state index < -0.39 is 47.0 Å². The van der Waals surface area contributed by atoms with Crippen molar-refractivity contribution in [2.75, 3.05) is 65.4 Å². The first-order valence-corrected chi connectivity index (χ1v) is 17.6. The molecule has 0 heterocycles. The van der Waals surface area contributed by atoms with Crippen LogP contribution in [0.4, 0.5) is 9.59 Å². The molecule has 0 rings (SSSR count). The molecule has 0 unspecified atom stereocenters. The number of hydrogen-bond donors (Lipinski definition) is 10. The van der Waals surface area contributed by atoms with Gasteiger partial charge in [0.15, 0.2) is 0 Å². The van der Waals surface area contributed by atoms with Crippen LogP contribution in [0.15, 0.2) is 0 Å². The van der Waals surface area contributed by atoms with E-state index in [9.17, 15) is 38.4 Å². The van der Waals surface area contributed by atoms with Gasteiger partial charge in [-0.15, -0.1) is 0 Å². The molecule has 0 saturated carbocycles. The summed E-state index contributed by atoms with van der Waals surface area (Å²) >= 11 is 0. The normalized spacial score (nSPS) is 10.9. The summed E-state index contributed by atoms with van der Waals surface area (Å²) in [6.07, 6.45) is -1.14. The van der Waals surface area contributed by atoms with Gasteiger partial charge in [-0.05, 0) is 83.1 Å². The van der Waals surface area contributed by atoms with Gasteiger partial charge in [0.05, 0.1) is 39.3 Å². The molecule has 20 heteroatoms. The molecular formula is C36H74N10O10. The van der Waals surface area contributed by atoms with E-state index in [-0.39, 0.29) is 103 Å². The van der Waals surface area contributed by atoms with E-state index in [1.807, 2.05) is 41.5 Å². The first-order chi connectivity index (χ1) is 24.6. The van der Waals surface area contributed by atoms with Gasteiger partial charge in [0.1, 0.15) is 11.2 Å². The lowest BCUT2D eigenvalue weighted by molar-refractivity contribution is -0.127. The van der Waals surface area contributed by atoms with Crippen molar-refractivity contribution < 1.29 is 47.8 Å². The number of rotatable bonds is 18. The summed E-state index contributed by atoms with van der Waals surface area (Å²) in [5, 5.41) is 25.8. The maximum atomic E-state index is 11.6. The van der Waals surface area contributed by atoms with Crippen molar-refractivity contribution >= 4 is 47.6 Å². The fraction of sp³-hybridized carbons (Fsp3) is 0.778. The fourth-order valence-corrected chi connectivity index (χ4v) is 3.14. The van der Waals surface area contributed by atoms with Crippen LogP contribution in [0.1, 0.15) is 97.9 Å². The Balaban J connectivity index is -0.000000466. The Kier molecular flexibility index (Phi) is 29.7. The summed E-state index contributed by atoms with van der Waals surface area (Å²) in [5.41, 5.74) is -1.57. The third-order valence-corrected chi connectivity index (χ3v) is 5.57. The lowest BCUT2D eigenvalue weighted by Crippen LogP contribution is -2.47. The van der Waals surface area contributed by atoms with Gasteiger partial charge in [-0.25, -0.2) is 9.59 Å². The van der Waals surface area contributed by atoms with Gasteiger partial charge in [-0.1, -0.05) is 14.9 Å². The van der Waals surface area contributed by atoms with Crippen molar-refractivity contribution in [3.8, 4) is 0 Å². The van der Waals surface area contributed by atoms with Crippen molar-refractivity contribution in [2.24, 2.45) is 0 Å². The largest absolute Gasteiger partial charge is 0.444 e. The highest BCUT2D eigenvalue weighted by Gasteiger charge is 2.17. The fourth-order valence-electron chi connectivity index (χ4n) is 3.14. The van der Waals surface area contributed by atoms with Crippen LogP contribution in [0.5, 0.6) is 0 Å². The third kappa shape index (κ3) is 43.7. The molecule has 0 aromatic carbocycles. The number of alkyl carbamates (subject to hydrolysis) is 2. The smallest absolute Gasteiger partial charge is 0.407 e. The zero-order valence-electron chi connectivity index (χ0n) is 34.2. The minimum Gasteiger partial charge on any atom is -0.444 e. The lowest BCUT2D eigenvalue weighted by atomic mass is 10.1. The van der Waals surface area contributed by atoms with Gasteiger partial charge in [-0.3, -0.25) is 28.8 Å². The predicted molar refractivity (Wildman–Crippen MR) is 216 cm³/mol. The third-order valence-electron chi connectivity index (χ3n) is 5.57. The SMILES string of the molecule is C.C.CC(C)(C)NCC(=O)NCC(=O)NCC(=O)NCCNC(=O)OC(C)(C)C.CC(C)(C)NCC(=O)NCC(=O)NCC(=O)NCCNC(=O)OC(C)(C)C. The Morgan fingerprint density at radius 2 is 0.554 bits per heavy atom. The molecule has 20 nitrogen and oxygen atoms in total. The summed E-state index contributed by atoms with van der Waals surface area (Å²) in [7, 11) is 0. The highest BCUT2D eigenvalue weighted by molar-refractivity contribution is 5.89. The molecule has 56 heavy (non-hydrogen) atoms. The molecule has 0 aliphatic carbocycles. The zero-order valence-corrected chi connectivity index (χ0v) is 34.2. The van der Waals surface area contributed by atoms with Crippen molar-refractivity contribution in [1.29, 1.82) is 0 Å². The highest BCUT2D eigenvalue weighted by Crippen LogP contribution is 2.06. The molecule has 0 atom stereocenters. The molecule has 10 N–H and O–H groups in total. The first kappa shape index (κ1) is 58.0. The second-order valence-electron chi connectivity index (χ2n) is 15.9. The molecule has 8 amide bonds. The van der Waals surface area contributed by atoms with Gasteiger partial charge >= 0.3 is 12.2 Å². The maximum absolute atomic E-state index is 11.6. The van der Waals surface area contributed by atoms with Gasteiger partial charge in [0, 0.05) is 37.3 Å². The van der Waals surface area contributed by atoms with Crippen molar-refractivity contribution in [3.63, 3.8) is 0 Å². The minimum absolute atomic E-state index is 0. The summed E-state index contributed by atoms with van der Waals surface area (Å²) in [4.78, 5) is 92.4. The number of nitrogens with one attached hydrogen (secondary N) is 10. The van der Waals surface area contributed by atoms with Crippen LogP contribution in [0.25, 0.3) is 0 Å². The van der Waals surface area contributed by atoms with E-state index in [0.717, 1.165) is 0 Å².